The monoisotopic (exact) mass is 276 g/mol. The van der Waals surface area contributed by atoms with Crippen molar-refractivity contribution in [2.45, 2.75) is 0 Å². The lowest BCUT2D eigenvalue weighted by molar-refractivity contribution is 0.687. The van der Waals surface area contributed by atoms with Gasteiger partial charge in [-0.1, -0.05) is 23.8 Å². The molecule has 3 nitrogen and oxygen atoms in total. The van der Waals surface area contributed by atoms with Crippen molar-refractivity contribution < 1.29 is 4.21 Å². The van der Waals surface area contributed by atoms with Gasteiger partial charge < -0.3 is 11.1 Å². The van der Waals surface area contributed by atoms with E-state index in [1.54, 1.807) is 18.4 Å². The van der Waals surface area contributed by atoms with Crippen molar-refractivity contribution >= 4 is 45.3 Å². The predicted octanol–water partition coefficient (Wildman–Crippen LogP) is 1.76. The highest BCUT2D eigenvalue weighted by atomic mass is 35.5. The van der Waals surface area contributed by atoms with Gasteiger partial charge in [-0.05, 0) is 18.2 Å². The van der Waals surface area contributed by atoms with Gasteiger partial charge in [0.2, 0.25) is 0 Å². The number of halogens is 1. The normalized spacial score (nSPS) is 12.1. The summed E-state index contributed by atoms with van der Waals surface area (Å²) in [6.45, 7) is 0.611. The average Bonchev–Trinajstić information content (AvgIpc) is 2.19. The number of thiocarbonyl (C=S) groups is 1. The van der Waals surface area contributed by atoms with Gasteiger partial charge in [-0.3, -0.25) is 4.21 Å². The second kappa shape index (κ2) is 6.18. The molecular weight excluding hydrogens is 264 g/mol. The fourth-order valence-electron chi connectivity index (χ4n) is 1.20. The summed E-state index contributed by atoms with van der Waals surface area (Å²) in [6, 6.07) is 5.29. The molecule has 1 atom stereocenters. The number of rotatable bonds is 5. The van der Waals surface area contributed by atoms with Gasteiger partial charge in [0.15, 0.2) is 0 Å². The zero-order valence-electron chi connectivity index (χ0n) is 8.83. The molecule has 0 saturated heterocycles. The highest BCUT2D eigenvalue weighted by Crippen LogP contribution is 2.20. The van der Waals surface area contributed by atoms with E-state index in [2.05, 4.69) is 5.32 Å². The van der Waals surface area contributed by atoms with Crippen molar-refractivity contribution in [3.05, 3.63) is 28.8 Å². The van der Waals surface area contributed by atoms with Gasteiger partial charge in [0.25, 0.3) is 0 Å². The van der Waals surface area contributed by atoms with Gasteiger partial charge >= 0.3 is 0 Å². The lowest BCUT2D eigenvalue weighted by Crippen LogP contribution is -2.16. The van der Waals surface area contributed by atoms with E-state index in [1.165, 1.54) is 0 Å². The van der Waals surface area contributed by atoms with E-state index in [4.69, 9.17) is 29.6 Å². The maximum atomic E-state index is 10.9. The van der Waals surface area contributed by atoms with Crippen molar-refractivity contribution in [2.75, 3.05) is 23.9 Å². The van der Waals surface area contributed by atoms with E-state index in [1.807, 2.05) is 6.07 Å². The molecule has 3 N–H and O–H groups in total. The summed E-state index contributed by atoms with van der Waals surface area (Å²) in [4.78, 5) is 0.294. The number of hydrogen-bond donors (Lipinski definition) is 2. The highest BCUT2D eigenvalue weighted by molar-refractivity contribution is 7.84. The van der Waals surface area contributed by atoms with E-state index in [0.717, 1.165) is 5.69 Å². The minimum Gasteiger partial charge on any atom is -0.389 e. The van der Waals surface area contributed by atoms with Crippen LogP contribution in [0.5, 0.6) is 0 Å². The molecule has 1 aromatic rings. The molecule has 0 saturated carbocycles. The van der Waals surface area contributed by atoms with Crippen LogP contribution in [0.1, 0.15) is 5.56 Å². The lowest BCUT2D eigenvalue weighted by Gasteiger charge is -2.10. The second-order valence-corrected chi connectivity index (χ2v) is 5.69. The van der Waals surface area contributed by atoms with Crippen LogP contribution >= 0.6 is 23.8 Å². The third-order valence-electron chi connectivity index (χ3n) is 1.95. The number of nitrogens with two attached hydrogens (primary N) is 1. The SMILES string of the molecule is CS(=O)CCNc1ccc(Cl)cc1C(N)=S. The first-order valence-electron chi connectivity index (χ1n) is 4.64. The summed E-state index contributed by atoms with van der Waals surface area (Å²) < 4.78 is 10.9. The van der Waals surface area contributed by atoms with Gasteiger partial charge in [0.05, 0.1) is 0 Å². The third-order valence-corrected chi connectivity index (χ3v) is 3.19. The Morgan fingerprint density at radius 1 is 1.62 bits per heavy atom. The van der Waals surface area contributed by atoms with Gasteiger partial charge in [-0.25, -0.2) is 0 Å². The van der Waals surface area contributed by atoms with E-state index in [9.17, 15) is 4.21 Å². The van der Waals surface area contributed by atoms with Crippen LogP contribution in [0.25, 0.3) is 0 Å². The number of benzene rings is 1. The van der Waals surface area contributed by atoms with Crippen LogP contribution in [0.3, 0.4) is 0 Å². The van der Waals surface area contributed by atoms with Crippen molar-refractivity contribution in [1.29, 1.82) is 0 Å². The van der Waals surface area contributed by atoms with Crippen LogP contribution in [0.15, 0.2) is 18.2 Å². The Morgan fingerprint density at radius 2 is 2.31 bits per heavy atom. The molecule has 1 rings (SSSR count). The molecule has 0 amide bonds. The van der Waals surface area contributed by atoms with E-state index in [0.29, 0.717) is 27.9 Å². The fourth-order valence-corrected chi connectivity index (χ4v) is 1.93. The molecule has 1 unspecified atom stereocenters. The van der Waals surface area contributed by atoms with Crippen molar-refractivity contribution in [3.8, 4) is 0 Å². The first-order chi connectivity index (χ1) is 7.50. The summed E-state index contributed by atoms with van der Waals surface area (Å²) in [7, 11) is -0.814. The van der Waals surface area contributed by atoms with E-state index in [-0.39, 0.29) is 0 Å². The number of anilines is 1. The number of nitrogens with one attached hydrogen (secondary N) is 1. The maximum Gasteiger partial charge on any atom is 0.106 e. The van der Waals surface area contributed by atoms with Gasteiger partial charge in [-0.2, -0.15) is 0 Å². The van der Waals surface area contributed by atoms with Gasteiger partial charge in [0, 0.05) is 45.6 Å². The standard InChI is InChI=1S/C10H13ClN2OS2/c1-16(14)5-4-13-9-3-2-7(11)6-8(9)10(12)15/h2-3,6,13H,4-5H2,1H3,(H2,12,15). The molecule has 0 bridgehead atoms. The van der Waals surface area contributed by atoms with Crippen LogP contribution in [0.2, 0.25) is 5.02 Å². The van der Waals surface area contributed by atoms with Crippen molar-refractivity contribution in [3.63, 3.8) is 0 Å². The van der Waals surface area contributed by atoms with Crippen molar-refractivity contribution in [1.82, 2.24) is 0 Å². The van der Waals surface area contributed by atoms with E-state index >= 15 is 0 Å². The molecule has 0 aromatic heterocycles. The molecule has 1 aromatic carbocycles. The Morgan fingerprint density at radius 3 is 2.88 bits per heavy atom. The molecule has 0 aliphatic carbocycles. The van der Waals surface area contributed by atoms with Crippen LogP contribution in [0.4, 0.5) is 5.69 Å². The van der Waals surface area contributed by atoms with E-state index < -0.39 is 10.8 Å². The zero-order chi connectivity index (χ0) is 12.1. The molecule has 0 aliphatic rings. The Bertz CT molecular complexity index is 423. The average molecular weight is 277 g/mol. The maximum absolute atomic E-state index is 10.9. The van der Waals surface area contributed by atoms with Gasteiger partial charge in [0.1, 0.15) is 4.99 Å². The topological polar surface area (TPSA) is 55.1 Å². The Hall–Kier alpha value is -0.650. The molecule has 0 radical (unpaired) electrons. The fraction of sp³-hybridized carbons (Fsp3) is 0.300. The molecule has 0 spiro atoms. The molecule has 0 aliphatic heterocycles. The Labute approximate surface area is 108 Å². The quantitative estimate of drug-likeness (QED) is 0.805. The van der Waals surface area contributed by atoms with Crippen LogP contribution in [-0.2, 0) is 10.8 Å². The molecule has 88 valence electrons. The largest absolute Gasteiger partial charge is 0.389 e. The minimum atomic E-state index is -0.814. The predicted molar refractivity (Wildman–Crippen MR) is 74.8 cm³/mol. The summed E-state index contributed by atoms with van der Waals surface area (Å²) in [5, 5.41) is 3.72. The summed E-state index contributed by atoms with van der Waals surface area (Å²) in [6.07, 6.45) is 1.66. The minimum absolute atomic E-state index is 0.294. The zero-order valence-corrected chi connectivity index (χ0v) is 11.2. The summed E-state index contributed by atoms with van der Waals surface area (Å²) in [5.41, 5.74) is 7.12. The van der Waals surface area contributed by atoms with Crippen LogP contribution < -0.4 is 11.1 Å². The molecular formula is C10H13ClN2OS2. The summed E-state index contributed by atoms with van der Waals surface area (Å²) >= 11 is 10.8. The third kappa shape index (κ3) is 4.08. The van der Waals surface area contributed by atoms with Gasteiger partial charge in [-0.15, -0.1) is 0 Å². The first-order valence-corrected chi connectivity index (χ1v) is 7.15. The Kier molecular flexibility index (Phi) is 5.18. The second-order valence-electron chi connectivity index (χ2n) is 3.26. The first kappa shape index (κ1) is 13.4. The number of hydrogen-bond acceptors (Lipinski definition) is 3. The molecule has 0 heterocycles. The molecule has 16 heavy (non-hydrogen) atoms. The highest BCUT2D eigenvalue weighted by Gasteiger charge is 2.05. The van der Waals surface area contributed by atoms with Crippen LogP contribution in [0, 0.1) is 0 Å². The molecule has 0 fully saturated rings. The van der Waals surface area contributed by atoms with Crippen LogP contribution in [-0.4, -0.2) is 27.8 Å². The molecule has 6 heteroatoms. The summed E-state index contributed by atoms with van der Waals surface area (Å²) in [5.74, 6) is 0.583. The smallest absolute Gasteiger partial charge is 0.106 e. The van der Waals surface area contributed by atoms with Crippen molar-refractivity contribution in [2.24, 2.45) is 5.73 Å². The Balaban J connectivity index is 2.78. The lowest BCUT2D eigenvalue weighted by atomic mass is 10.2.